The molecule has 3 aliphatic carbocycles. The van der Waals surface area contributed by atoms with Crippen molar-refractivity contribution in [2.75, 3.05) is 13.6 Å². The van der Waals surface area contributed by atoms with Crippen molar-refractivity contribution in [3.63, 3.8) is 0 Å². The van der Waals surface area contributed by atoms with E-state index in [-0.39, 0.29) is 17.6 Å². The van der Waals surface area contributed by atoms with Crippen molar-refractivity contribution < 1.29 is 19.7 Å². The third-order valence-electron chi connectivity index (χ3n) is 7.47. The van der Waals surface area contributed by atoms with Crippen molar-refractivity contribution in [2.24, 2.45) is 5.92 Å². The minimum Gasteiger partial charge on any atom is -0.504 e. The highest BCUT2D eigenvalue weighted by molar-refractivity contribution is 5.89. The van der Waals surface area contributed by atoms with Crippen LogP contribution in [0.5, 0.6) is 11.5 Å². The number of aliphatic hydroxyl groups is 1. The van der Waals surface area contributed by atoms with Gasteiger partial charge in [-0.1, -0.05) is 13.0 Å². The van der Waals surface area contributed by atoms with Gasteiger partial charge < -0.3 is 14.9 Å². The van der Waals surface area contributed by atoms with E-state index in [1.165, 1.54) is 12.8 Å². The number of likely N-dealkylation sites (N-methyl/N-ethyl adjacent to an activating group) is 1. The number of rotatable bonds is 4. The number of phenols is 1. The lowest BCUT2D eigenvalue weighted by molar-refractivity contribution is -0.169. The lowest BCUT2D eigenvalue weighted by atomic mass is 9.51. The molecule has 140 valence electrons. The molecule has 2 unspecified atom stereocenters. The highest BCUT2D eigenvalue weighted by atomic mass is 16.5. The summed E-state index contributed by atoms with van der Waals surface area (Å²) < 4.78 is 6.05. The van der Waals surface area contributed by atoms with E-state index in [0.717, 1.165) is 30.0 Å². The van der Waals surface area contributed by atoms with Gasteiger partial charge in [-0.15, -0.1) is 0 Å². The van der Waals surface area contributed by atoms with Crippen LogP contribution in [-0.4, -0.2) is 52.2 Å². The van der Waals surface area contributed by atoms with Gasteiger partial charge in [-0.2, -0.15) is 0 Å². The number of ether oxygens (including phenoxy) is 1. The highest BCUT2D eigenvalue weighted by Crippen LogP contribution is 2.63. The summed E-state index contributed by atoms with van der Waals surface area (Å²) in [5.41, 5.74) is 0.216. The lowest BCUT2D eigenvalue weighted by Gasteiger charge is -2.58. The number of nitrogens with zero attached hydrogens (tertiary/aromatic N) is 1. The molecule has 5 nitrogen and oxygen atoms in total. The first-order valence-corrected chi connectivity index (χ1v) is 9.89. The minimum absolute atomic E-state index is 0.0368. The summed E-state index contributed by atoms with van der Waals surface area (Å²) in [7, 11) is 2.11. The van der Waals surface area contributed by atoms with E-state index in [1.807, 2.05) is 13.0 Å². The number of benzene rings is 1. The van der Waals surface area contributed by atoms with Crippen LogP contribution in [0.25, 0.3) is 0 Å². The first kappa shape index (κ1) is 16.6. The molecule has 1 heterocycles. The zero-order chi connectivity index (χ0) is 18.3. The second-order valence-electron chi connectivity index (χ2n) is 8.76. The summed E-state index contributed by atoms with van der Waals surface area (Å²) in [6.07, 6.45) is 4.01. The molecule has 0 radical (unpaired) electrons. The van der Waals surface area contributed by atoms with Crippen LogP contribution in [0, 0.1) is 5.92 Å². The molecular weight excluding hydrogens is 330 g/mol. The van der Waals surface area contributed by atoms with Crippen molar-refractivity contribution in [1.29, 1.82) is 0 Å². The van der Waals surface area contributed by atoms with Crippen molar-refractivity contribution in [2.45, 2.75) is 68.6 Å². The van der Waals surface area contributed by atoms with Gasteiger partial charge in [0.15, 0.2) is 23.4 Å². The second kappa shape index (κ2) is 5.23. The highest BCUT2D eigenvalue weighted by Gasteiger charge is 2.70. The summed E-state index contributed by atoms with van der Waals surface area (Å²) >= 11 is 0. The molecule has 4 atom stereocenters. The average molecular weight is 357 g/mol. The van der Waals surface area contributed by atoms with Gasteiger partial charge in [-0.3, -0.25) is 9.69 Å². The molecule has 4 aliphatic rings. The van der Waals surface area contributed by atoms with Crippen molar-refractivity contribution in [1.82, 2.24) is 4.90 Å². The molecular formula is C21H27NO4. The summed E-state index contributed by atoms with van der Waals surface area (Å²) in [5.74, 6) is 1.28. The first-order chi connectivity index (χ1) is 12.4. The monoisotopic (exact) mass is 357 g/mol. The molecule has 0 saturated heterocycles. The van der Waals surface area contributed by atoms with Gasteiger partial charge in [-0.25, -0.2) is 0 Å². The van der Waals surface area contributed by atoms with Gasteiger partial charge in [0.2, 0.25) is 0 Å². The molecule has 5 rings (SSSR count). The predicted molar refractivity (Wildman–Crippen MR) is 96.5 cm³/mol. The maximum atomic E-state index is 12.8. The third-order valence-corrected chi connectivity index (χ3v) is 7.47. The third kappa shape index (κ3) is 1.86. The smallest absolute Gasteiger partial charge is 0.174 e. The number of aromatic hydroxyl groups is 1. The van der Waals surface area contributed by atoms with Crippen LogP contribution in [0.15, 0.2) is 12.1 Å². The maximum absolute atomic E-state index is 12.8. The van der Waals surface area contributed by atoms with E-state index in [0.29, 0.717) is 25.0 Å². The Morgan fingerprint density at radius 2 is 2.12 bits per heavy atom. The molecule has 0 aromatic heterocycles. The van der Waals surface area contributed by atoms with Crippen molar-refractivity contribution >= 4 is 5.78 Å². The molecule has 1 aromatic rings. The van der Waals surface area contributed by atoms with E-state index in [4.69, 9.17) is 4.74 Å². The summed E-state index contributed by atoms with van der Waals surface area (Å²) in [4.78, 5) is 15.1. The molecule has 2 saturated carbocycles. The van der Waals surface area contributed by atoms with Gasteiger partial charge in [0.1, 0.15) is 0 Å². The number of Topliss-reactive ketones (excluding diaryl/α,β-unsaturated/α-hetero) is 1. The van der Waals surface area contributed by atoms with Crippen LogP contribution in [0.4, 0.5) is 0 Å². The SMILES string of the molecule is CC[C@]12c3c4ccc(O)c3O[C@H]1C(=O)CCC2(O)C(N(C)CC1CC1)C4. The van der Waals surface area contributed by atoms with Gasteiger partial charge in [0, 0.05) is 24.6 Å². The Bertz CT molecular complexity index is 788. The fourth-order valence-electron chi connectivity index (χ4n) is 6.06. The molecule has 0 bridgehead atoms. The van der Waals surface area contributed by atoms with Gasteiger partial charge in [-0.05, 0) is 56.7 Å². The minimum atomic E-state index is -1.02. The number of phenolic OH excluding ortho intramolecular Hbond substituents is 1. The Balaban J connectivity index is 1.71. The number of hydrogen-bond donors (Lipinski definition) is 2. The molecule has 26 heavy (non-hydrogen) atoms. The first-order valence-electron chi connectivity index (χ1n) is 9.89. The number of ketones is 1. The van der Waals surface area contributed by atoms with E-state index < -0.39 is 17.1 Å². The second-order valence-corrected chi connectivity index (χ2v) is 8.76. The zero-order valence-corrected chi connectivity index (χ0v) is 15.5. The quantitative estimate of drug-likeness (QED) is 0.864. The Morgan fingerprint density at radius 3 is 2.81 bits per heavy atom. The molecule has 0 spiro atoms. The molecule has 1 aromatic carbocycles. The van der Waals surface area contributed by atoms with Gasteiger partial charge >= 0.3 is 0 Å². The van der Waals surface area contributed by atoms with Crippen molar-refractivity contribution in [3.8, 4) is 11.5 Å². The number of carbonyl (C=O) groups is 1. The van der Waals surface area contributed by atoms with Crippen LogP contribution in [0.2, 0.25) is 0 Å². The van der Waals surface area contributed by atoms with E-state index >= 15 is 0 Å². The average Bonchev–Trinajstić information content (AvgIpc) is 3.34. The van der Waals surface area contributed by atoms with E-state index in [1.54, 1.807) is 6.07 Å². The molecule has 1 aliphatic heterocycles. The molecule has 0 amide bonds. The van der Waals surface area contributed by atoms with Crippen LogP contribution in [-0.2, 0) is 16.6 Å². The zero-order valence-electron chi connectivity index (χ0n) is 15.5. The van der Waals surface area contributed by atoms with E-state index in [9.17, 15) is 15.0 Å². The number of carbonyl (C=O) groups excluding carboxylic acids is 1. The predicted octanol–water partition coefficient (Wildman–Crippen LogP) is 2.16. The van der Waals surface area contributed by atoms with Gasteiger partial charge in [0.05, 0.1) is 11.0 Å². The van der Waals surface area contributed by atoms with Crippen LogP contribution < -0.4 is 4.74 Å². The Hall–Kier alpha value is -1.59. The molecule has 2 N–H and O–H groups in total. The van der Waals surface area contributed by atoms with E-state index in [2.05, 4.69) is 11.9 Å². The summed E-state index contributed by atoms with van der Waals surface area (Å²) in [6, 6.07) is 3.58. The summed E-state index contributed by atoms with van der Waals surface area (Å²) in [5, 5.41) is 22.5. The van der Waals surface area contributed by atoms with Crippen LogP contribution in [0.3, 0.4) is 0 Å². The Kier molecular flexibility index (Phi) is 3.33. The van der Waals surface area contributed by atoms with Crippen LogP contribution >= 0.6 is 0 Å². The molecule has 2 fully saturated rings. The Morgan fingerprint density at radius 1 is 1.35 bits per heavy atom. The lowest BCUT2D eigenvalue weighted by Crippen LogP contribution is -2.72. The standard InChI is InChI=1S/C21H27NO4/c1-3-20-17-13-6-7-14(23)18(17)26-19(20)15(24)8-9-21(20,25)16(10-13)22(2)11-12-4-5-12/h6-7,12,16,19,23,25H,3-5,8-11H2,1-2H3/t16?,19-,20-,21?/m0/s1. The summed E-state index contributed by atoms with van der Waals surface area (Å²) in [6.45, 7) is 3.03. The fraction of sp³-hybridized carbons (Fsp3) is 0.667. The fourth-order valence-corrected chi connectivity index (χ4v) is 6.06. The van der Waals surface area contributed by atoms with Crippen LogP contribution in [0.1, 0.15) is 50.2 Å². The topological polar surface area (TPSA) is 70.0 Å². The maximum Gasteiger partial charge on any atom is 0.174 e. The molecule has 5 heteroatoms. The van der Waals surface area contributed by atoms with Crippen molar-refractivity contribution in [3.05, 3.63) is 23.3 Å². The largest absolute Gasteiger partial charge is 0.504 e. The normalized spacial score (nSPS) is 37.6. The Labute approximate surface area is 154 Å². The van der Waals surface area contributed by atoms with Gasteiger partial charge in [0.25, 0.3) is 0 Å². The number of hydrogen-bond acceptors (Lipinski definition) is 5.